The monoisotopic (exact) mass is 356 g/mol. The Morgan fingerprint density at radius 2 is 2.10 bits per heavy atom. The highest BCUT2D eigenvalue weighted by molar-refractivity contribution is 7.88. The van der Waals surface area contributed by atoms with Crippen LogP contribution in [-0.4, -0.2) is 37.9 Å². The Bertz CT molecular complexity index is 598. The molecule has 1 aromatic rings. The van der Waals surface area contributed by atoms with Crippen LogP contribution in [0.5, 0.6) is 0 Å². The molecular formula is C13H19Cl2FN2O2S. The van der Waals surface area contributed by atoms with E-state index < -0.39 is 15.8 Å². The number of halogens is 3. The zero-order valence-corrected chi connectivity index (χ0v) is 14.2. The second-order valence-electron chi connectivity index (χ2n) is 5.10. The van der Waals surface area contributed by atoms with Crippen LogP contribution in [0.1, 0.15) is 19.4 Å². The number of nitrogens with zero attached hydrogens (tertiary/aromatic N) is 1. The van der Waals surface area contributed by atoms with Gasteiger partial charge in [-0.15, -0.1) is 12.4 Å². The molecule has 1 N–H and O–H groups in total. The fraction of sp³-hybridized carbons (Fsp3) is 0.538. The molecule has 0 radical (unpaired) electrons. The van der Waals surface area contributed by atoms with Crippen molar-refractivity contribution in [1.29, 1.82) is 0 Å². The summed E-state index contributed by atoms with van der Waals surface area (Å²) in [6.45, 7) is 4.92. The number of hydrogen-bond acceptors (Lipinski definition) is 3. The number of rotatable bonds is 3. The van der Waals surface area contributed by atoms with Crippen LogP contribution in [-0.2, 0) is 15.8 Å². The maximum absolute atomic E-state index is 13.1. The molecule has 0 spiro atoms. The predicted molar refractivity (Wildman–Crippen MR) is 84.9 cm³/mol. The molecule has 1 aliphatic heterocycles. The lowest BCUT2D eigenvalue weighted by Crippen LogP contribution is -2.57. The van der Waals surface area contributed by atoms with Gasteiger partial charge in [0.15, 0.2) is 0 Å². The van der Waals surface area contributed by atoms with Gasteiger partial charge in [-0.2, -0.15) is 4.31 Å². The molecule has 1 heterocycles. The number of hydrogen-bond donors (Lipinski definition) is 1. The highest BCUT2D eigenvalue weighted by Gasteiger charge is 2.33. The molecule has 0 saturated carbocycles. The molecule has 1 aliphatic rings. The molecule has 2 atom stereocenters. The molecular weight excluding hydrogens is 338 g/mol. The van der Waals surface area contributed by atoms with E-state index in [1.807, 2.05) is 13.8 Å². The minimum atomic E-state index is -3.44. The topological polar surface area (TPSA) is 49.4 Å². The van der Waals surface area contributed by atoms with Gasteiger partial charge in [-0.25, -0.2) is 12.8 Å². The zero-order chi connectivity index (χ0) is 14.9. The van der Waals surface area contributed by atoms with Crippen molar-refractivity contribution >= 4 is 34.0 Å². The lowest BCUT2D eigenvalue weighted by molar-refractivity contribution is 0.232. The number of piperazine rings is 1. The minimum Gasteiger partial charge on any atom is -0.311 e. The summed E-state index contributed by atoms with van der Waals surface area (Å²) in [6.07, 6.45) is 0. The van der Waals surface area contributed by atoms with Crippen LogP contribution in [0.3, 0.4) is 0 Å². The lowest BCUT2D eigenvalue weighted by Gasteiger charge is -2.37. The average Bonchev–Trinajstić information content (AvgIpc) is 2.36. The van der Waals surface area contributed by atoms with Crippen molar-refractivity contribution in [3.63, 3.8) is 0 Å². The Morgan fingerprint density at radius 1 is 1.43 bits per heavy atom. The normalized spacial score (nSPS) is 23.6. The average molecular weight is 357 g/mol. The van der Waals surface area contributed by atoms with Crippen molar-refractivity contribution < 1.29 is 12.8 Å². The van der Waals surface area contributed by atoms with Crippen molar-refractivity contribution in [1.82, 2.24) is 9.62 Å². The van der Waals surface area contributed by atoms with Gasteiger partial charge in [0.2, 0.25) is 10.0 Å². The maximum atomic E-state index is 13.1. The van der Waals surface area contributed by atoms with Gasteiger partial charge in [0.1, 0.15) is 5.82 Å². The molecule has 2 rings (SSSR count). The largest absolute Gasteiger partial charge is 0.311 e. The van der Waals surface area contributed by atoms with Crippen LogP contribution in [0, 0.1) is 5.82 Å². The summed E-state index contributed by atoms with van der Waals surface area (Å²) < 4.78 is 39.5. The summed E-state index contributed by atoms with van der Waals surface area (Å²) in [7, 11) is -3.44. The second kappa shape index (κ2) is 7.24. The van der Waals surface area contributed by atoms with Gasteiger partial charge in [-0.1, -0.05) is 17.7 Å². The van der Waals surface area contributed by atoms with E-state index in [0.29, 0.717) is 18.7 Å². The summed E-state index contributed by atoms with van der Waals surface area (Å²) in [5, 5.41) is 3.18. The molecule has 1 saturated heterocycles. The van der Waals surface area contributed by atoms with Crippen LogP contribution in [0.25, 0.3) is 0 Å². The summed E-state index contributed by atoms with van der Waals surface area (Å²) in [5.41, 5.74) is 0.495. The van der Waals surface area contributed by atoms with Crippen LogP contribution >= 0.6 is 24.0 Å². The first-order valence-corrected chi connectivity index (χ1v) is 8.47. The van der Waals surface area contributed by atoms with Gasteiger partial charge in [0.05, 0.1) is 10.8 Å². The van der Waals surface area contributed by atoms with E-state index in [1.165, 1.54) is 22.5 Å². The summed E-state index contributed by atoms with van der Waals surface area (Å²) in [6, 6.07) is 4.01. The van der Waals surface area contributed by atoms with Crippen LogP contribution in [0.4, 0.5) is 4.39 Å². The van der Waals surface area contributed by atoms with E-state index in [4.69, 9.17) is 11.6 Å². The van der Waals surface area contributed by atoms with Crippen LogP contribution in [0.15, 0.2) is 18.2 Å². The molecule has 0 aromatic heterocycles. The molecule has 21 heavy (non-hydrogen) atoms. The van der Waals surface area contributed by atoms with E-state index in [1.54, 1.807) is 0 Å². The van der Waals surface area contributed by atoms with Crippen molar-refractivity contribution in [2.45, 2.75) is 31.7 Å². The van der Waals surface area contributed by atoms with Crippen molar-refractivity contribution in [3.05, 3.63) is 34.6 Å². The van der Waals surface area contributed by atoms with Gasteiger partial charge in [-0.05, 0) is 31.5 Å². The van der Waals surface area contributed by atoms with Gasteiger partial charge < -0.3 is 5.32 Å². The van der Waals surface area contributed by atoms with E-state index in [9.17, 15) is 12.8 Å². The fourth-order valence-corrected chi connectivity index (χ4v) is 4.37. The molecule has 0 amide bonds. The van der Waals surface area contributed by atoms with E-state index >= 15 is 0 Å². The first-order chi connectivity index (χ1) is 9.31. The van der Waals surface area contributed by atoms with Gasteiger partial charge in [0.25, 0.3) is 0 Å². The Kier molecular flexibility index (Phi) is 6.43. The Labute approximate surface area is 136 Å². The first-order valence-electron chi connectivity index (χ1n) is 6.48. The first kappa shape index (κ1) is 18.6. The Balaban J connectivity index is 0.00000220. The molecule has 0 aliphatic carbocycles. The minimum absolute atomic E-state index is 0. The zero-order valence-electron chi connectivity index (χ0n) is 11.8. The van der Waals surface area contributed by atoms with E-state index in [0.717, 1.165) is 0 Å². The van der Waals surface area contributed by atoms with Crippen LogP contribution < -0.4 is 5.32 Å². The van der Waals surface area contributed by atoms with E-state index in [-0.39, 0.29) is 35.3 Å². The lowest BCUT2D eigenvalue weighted by atomic mass is 10.1. The second-order valence-corrected chi connectivity index (χ2v) is 7.43. The van der Waals surface area contributed by atoms with E-state index in [2.05, 4.69) is 5.32 Å². The Morgan fingerprint density at radius 3 is 2.71 bits per heavy atom. The molecule has 0 bridgehead atoms. The van der Waals surface area contributed by atoms with Gasteiger partial charge in [0, 0.05) is 25.2 Å². The predicted octanol–water partition coefficient (Wildman–Crippen LogP) is 2.41. The van der Waals surface area contributed by atoms with Crippen molar-refractivity contribution in [3.8, 4) is 0 Å². The fourth-order valence-electron chi connectivity index (χ4n) is 2.34. The summed E-state index contributed by atoms with van der Waals surface area (Å²) in [4.78, 5) is 0. The van der Waals surface area contributed by atoms with Crippen molar-refractivity contribution in [2.24, 2.45) is 0 Å². The van der Waals surface area contributed by atoms with Gasteiger partial charge in [-0.3, -0.25) is 0 Å². The third-order valence-corrected chi connectivity index (χ3v) is 5.88. The SMILES string of the molecule is CC1NCCN(S(=O)(=O)Cc2ccc(F)c(Cl)c2)C1C.Cl. The quantitative estimate of drug-likeness (QED) is 0.904. The summed E-state index contributed by atoms with van der Waals surface area (Å²) >= 11 is 5.69. The molecule has 4 nitrogen and oxygen atoms in total. The summed E-state index contributed by atoms with van der Waals surface area (Å²) in [5.74, 6) is -0.707. The maximum Gasteiger partial charge on any atom is 0.218 e. The van der Waals surface area contributed by atoms with Crippen molar-refractivity contribution in [2.75, 3.05) is 13.1 Å². The molecule has 1 fully saturated rings. The number of sulfonamides is 1. The number of nitrogens with one attached hydrogen (secondary N) is 1. The van der Waals surface area contributed by atoms with Gasteiger partial charge >= 0.3 is 0 Å². The molecule has 8 heteroatoms. The molecule has 2 unspecified atom stereocenters. The third kappa shape index (κ3) is 4.29. The third-order valence-electron chi connectivity index (χ3n) is 3.67. The smallest absolute Gasteiger partial charge is 0.218 e. The van der Waals surface area contributed by atoms with Crippen LogP contribution in [0.2, 0.25) is 5.02 Å². The molecule has 120 valence electrons. The highest BCUT2D eigenvalue weighted by atomic mass is 35.5. The number of benzene rings is 1. The Hall–Kier alpha value is -0.400. The standard InChI is InChI=1S/C13H18ClFN2O2S.ClH/c1-9-10(2)17(6-5-16-9)20(18,19)8-11-3-4-13(15)12(14)7-11;/h3-4,7,9-10,16H,5-6,8H2,1-2H3;1H. The highest BCUT2D eigenvalue weighted by Crippen LogP contribution is 2.21. The molecule has 1 aromatic carbocycles.